The molecule has 0 bridgehead atoms. The molecule has 0 fully saturated rings. The molecule has 0 heterocycles. The second-order valence-electron chi connectivity index (χ2n) is 21.4. The van der Waals surface area contributed by atoms with Gasteiger partial charge >= 0.3 is 11.9 Å². The van der Waals surface area contributed by atoms with Crippen LogP contribution in [-0.4, -0.2) is 70.0 Å². The van der Waals surface area contributed by atoms with E-state index in [0.29, 0.717) is 17.4 Å². The smallest absolute Gasteiger partial charge is 0.306 e. The number of nitrogens with zero attached hydrogens (tertiary/aromatic N) is 1. The Morgan fingerprint density at radius 3 is 1.14 bits per heavy atom. The third-order valence-corrected chi connectivity index (χ3v) is 14.1. The quantitative estimate of drug-likeness (QED) is 0.0195. The summed E-state index contributed by atoms with van der Waals surface area (Å²) in [6.07, 6.45) is 63.4. The number of unbranched alkanes of at least 4 members (excludes halogenated alkanes) is 35. The summed E-state index contributed by atoms with van der Waals surface area (Å²) in [4.78, 5) is 37.8. The second-order valence-corrected chi connectivity index (χ2v) is 22.8. The van der Waals surface area contributed by atoms with E-state index in [1.54, 1.807) is 0 Å². The van der Waals surface area contributed by atoms with Crippen LogP contribution in [0.25, 0.3) is 0 Å². The molecule has 0 N–H and O–H groups in total. The second kappa shape index (κ2) is 52.1. The highest BCUT2D eigenvalue weighted by molar-refractivity contribution is 7.45. The third-order valence-electron chi connectivity index (χ3n) is 13.2. The fourth-order valence-corrected chi connectivity index (χ4v) is 9.28. The van der Waals surface area contributed by atoms with Gasteiger partial charge in [0.05, 0.1) is 27.7 Å². The Morgan fingerprint density at radius 2 is 0.771 bits per heavy atom. The molecule has 0 saturated carbocycles. The van der Waals surface area contributed by atoms with Gasteiger partial charge in [0.2, 0.25) is 0 Å². The van der Waals surface area contributed by atoms with E-state index in [0.717, 1.165) is 51.4 Å². The molecule has 10 heteroatoms. The number of ether oxygens (including phenoxy) is 2. The fourth-order valence-electron chi connectivity index (χ4n) is 8.55. The van der Waals surface area contributed by atoms with E-state index in [4.69, 9.17) is 18.5 Å². The van der Waals surface area contributed by atoms with Crippen LogP contribution >= 0.6 is 7.82 Å². The molecular weight excluding hydrogens is 894 g/mol. The molecule has 70 heavy (non-hydrogen) atoms. The van der Waals surface area contributed by atoms with Crippen LogP contribution in [0.15, 0.2) is 36.5 Å². The van der Waals surface area contributed by atoms with Crippen LogP contribution in [0.4, 0.5) is 0 Å². The van der Waals surface area contributed by atoms with E-state index in [1.165, 1.54) is 199 Å². The fraction of sp³-hybridized carbons (Fsp3) is 0.867. The molecular formula is C60H114NO8P. The number of allylic oxidation sites excluding steroid dienone is 6. The monoisotopic (exact) mass is 1010 g/mol. The van der Waals surface area contributed by atoms with Gasteiger partial charge in [-0.15, -0.1) is 0 Å². The topological polar surface area (TPSA) is 111 Å². The number of hydrogen-bond donors (Lipinski definition) is 0. The molecule has 0 amide bonds. The molecule has 2 atom stereocenters. The maximum absolute atomic E-state index is 12.8. The number of quaternary nitrogens is 1. The highest BCUT2D eigenvalue weighted by Gasteiger charge is 2.22. The van der Waals surface area contributed by atoms with Crippen LogP contribution in [0.5, 0.6) is 0 Å². The minimum absolute atomic E-state index is 0.0284. The largest absolute Gasteiger partial charge is 0.756 e. The zero-order chi connectivity index (χ0) is 51.3. The average molecular weight is 1010 g/mol. The maximum Gasteiger partial charge on any atom is 0.306 e. The normalized spacial score (nSPS) is 13.5. The van der Waals surface area contributed by atoms with E-state index < -0.39 is 26.5 Å². The summed E-state index contributed by atoms with van der Waals surface area (Å²) in [6.45, 7) is 4.27. The highest BCUT2D eigenvalue weighted by Crippen LogP contribution is 2.38. The molecule has 9 nitrogen and oxygen atoms in total. The third kappa shape index (κ3) is 55.5. The number of phosphoric ester groups is 1. The zero-order valence-electron chi connectivity index (χ0n) is 46.7. The lowest BCUT2D eigenvalue weighted by atomic mass is 10.0. The molecule has 0 spiro atoms. The Morgan fingerprint density at radius 1 is 0.443 bits per heavy atom. The number of esters is 2. The van der Waals surface area contributed by atoms with E-state index in [-0.39, 0.29) is 32.0 Å². The van der Waals surface area contributed by atoms with Crippen molar-refractivity contribution in [3.63, 3.8) is 0 Å². The maximum atomic E-state index is 12.8. The number of phosphoric acid groups is 1. The first kappa shape index (κ1) is 68.2. The molecule has 0 saturated heterocycles. The van der Waals surface area contributed by atoms with E-state index in [1.807, 2.05) is 21.1 Å². The van der Waals surface area contributed by atoms with Crippen LogP contribution in [0, 0.1) is 0 Å². The van der Waals surface area contributed by atoms with Crippen LogP contribution in [0.3, 0.4) is 0 Å². The van der Waals surface area contributed by atoms with Crippen LogP contribution in [0.1, 0.15) is 284 Å². The van der Waals surface area contributed by atoms with Gasteiger partial charge in [0.25, 0.3) is 7.82 Å². The van der Waals surface area contributed by atoms with Crippen molar-refractivity contribution in [3.8, 4) is 0 Å². The first-order valence-corrected chi connectivity index (χ1v) is 31.2. The van der Waals surface area contributed by atoms with E-state index >= 15 is 0 Å². The number of hydrogen-bond acceptors (Lipinski definition) is 8. The van der Waals surface area contributed by atoms with Gasteiger partial charge in [-0.2, -0.15) is 0 Å². The van der Waals surface area contributed by atoms with Crippen LogP contribution < -0.4 is 4.89 Å². The van der Waals surface area contributed by atoms with E-state index in [9.17, 15) is 19.0 Å². The van der Waals surface area contributed by atoms with Gasteiger partial charge < -0.3 is 27.9 Å². The zero-order valence-corrected chi connectivity index (χ0v) is 47.6. The summed E-state index contributed by atoms with van der Waals surface area (Å²) < 4.78 is 34.1. The number of carbonyl (C=O) groups is 2. The van der Waals surface area contributed by atoms with Gasteiger partial charge in [0.15, 0.2) is 6.10 Å². The Kier molecular flexibility index (Phi) is 50.8. The molecule has 412 valence electrons. The summed E-state index contributed by atoms with van der Waals surface area (Å²) in [6, 6.07) is 0. The molecule has 0 rings (SSSR count). The van der Waals surface area contributed by atoms with Gasteiger partial charge in [-0.05, 0) is 51.4 Å². The highest BCUT2D eigenvalue weighted by atomic mass is 31.2. The van der Waals surface area contributed by atoms with Crippen molar-refractivity contribution in [2.75, 3.05) is 47.5 Å². The first-order valence-electron chi connectivity index (χ1n) is 29.7. The molecule has 0 aromatic rings. The molecule has 0 aromatic carbocycles. The van der Waals surface area contributed by atoms with Gasteiger partial charge in [0.1, 0.15) is 19.8 Å². The van der Waals surface area contributed by atoms with Crippen molar-refractivity contribution in [1.82, 2.24) is 0 Å². The summed E-state index contributed by atoms with van der Waals surface area (Å²) in [5.41, 5.74) is 0. The Labute approximate surface area is 433 Å². The van der Waals surface area contributed by atoms with Crippen LogP contribution in [0.2, 0.25) is 0 Å². The molecule has 0 aliphatic rings. The summed E-state index contributed by atoms with van der Waals surface area (Å²) in [5.74, 6) is -0.819. The van der Waals surface area contributed by atoms with E-state index in [2.05, 4.69) is 50.3 Å². The summed E-state index contributed by atoms with van der Waals surface area (Å²) in [5, 5.41) is 0. The SMILES string of the molecule is CCCCCCC/C=C\C/C=C\C/C=C\CCCCCCCCCCCCCCCCCCC(=O)OC(COC(=O)CCCCCCCCCCCCCCCCC)COP(=O)([O-])OCC[N+](C)(C)C. The van der Waals surface area contributed by atoms with Gasteiger partial charge in [-0.1, -0.05) is 256 Å². The molecule has 0 radical (unpaired) electrons. The van der Waals surface area contributed by atoms with Crippen molar-refractivity contribution in [3.05, 3.63) is 36.5 Å². The Hall–Kier alpha value is -1.77. The van der Waals surface area contributed by atoms with Gasteiger partial charge in [0, 0.05) is 12.8 Å². The predicted molar refractivity (Wildman–Crippen MR) is 296 cm³/mol. The van der Waals surface area contributed by atoms with Crippen molar-refractivity contribution >= 4 is 19.8 Å². The minimum Gasteiger partial charge on any atom is -0.756 e. The standard InChI is InChI=1S/C60H114NO8P/c1-6-8-10-12-14-16-18-20-22-23-24-25-26-27-28-29-30-31-32-33-34-35-36-37-39-41-43-45-47-49-51-53-60(63)69-58(57-68-70(64,65)67-55-54-61(3,4)5)56-66-59(62)52-50-48-46-44-42-40-38-21-19-17-15-13-11-9-7-2/h18,20,23-24,26-27,58H,6-17,19,21-22,25,28-57H2,1-5H3/b20-18-,24-23-,27-26-. The van der Waals surface area contributed by atoms with Crippen molar-refractivity contribution in [2.45, 2.75) is 290 Å². The van der Waals surface area contributed by atoms with Crippen molar-refractivity contribution in [2.24, 2.45) is 0 Å². The summed E-state index contributed by atoms with van der Waals surface area (Å²) >= 11 is 0. The number of rotatable bonds is 55. The number of likely N-dealkylation sites (N-methyl/N-ethyl adjacent to an activating group) is 1. The Bertz CT molecular complexity index is 1280. The predicted octanol–water partition coefficient (Wildman–Crippen LogP) is 17.7. The lowest BCUT2D eigenvalue weighted by Crippen LogP contribution is -2.37. The first-order chi connectivity index (χ1) is 34.0. The molecule has 2 unspecified atom stereocenters. The molecule has 0 aromatic heterocycles. The van der Waals surface area contributed by atoms with Gasteiger partial charge in [-0.25, -0.2) is 0 Å². The van der Waals surface area contributed by atoms with Gasteiger partial charge in [-0.3, -0.25) is 14.2 Å². The average Bonchev–Trinajstić information content (AvgIpc) is 3.32. The lowest BCUT2D eigenvalue weighted by molar-refractivity contribution is -0.870. The number of carbonyl (C=O) groups excluding carboxylic acids is 2. The summed E-state index contributed by atoms with van der Waals surface area (Å²) in [7, 11) is 1.18. The van der Waals surface area contributed by atoms with Crippen molar-refractivity contribution in [1.29, 1.82) is 0 Å². The van der Waals surface area contributed by atoms with Crippen molar-refractivity contribution < 1.29 is 42.1 Å². The van der Waals surface area contributed by atoms with Crippen LogP contribution in [-0.2, 0) is 32.7 Å². The lowest BCUT2D eigenvalue weighted by Gasteiger charge is -2.28. The molecule has 0 aliphatic carbocycles. The minimum atomic E-state index is -4.63. The molecule has 0 aliphatic heterocycles. The Balaban J connectivity index is 4.05.